The van der Waals surface area contributed by atoms with Crippen LogP contribution in [0.4, 0.5) is 0 Å². The predicted octanol–water partition coefficient (Wildman–Crippen LogP) is 6.63. The summed E-state index contributed by atoms with van der Waals surface area (Å²) in [7, 11) is 7.45. The molecule has 0 radical (unpaired) electrons. The van der Waals surface area contributed by atoms with Crippen molar-refractivity contribution in [3.63, 3.8) is 0 Å². The van der Waals surface area contributed by atoms with Gasteiger partial charge in [-0.05, 0) is 79.8 Å². The molecule has 3 nitrogen and oxygen atoms in total. The second-order valence-electron chi connectivity index (χ2n) is 9.36. The molecule has 0 saturated carbocycles. The molecule has 0 aliphatic carbocycles. The summed E-state index contributed by atoms with van der Waals surface area (Å²) in [6.07, 6.45) is 22.1. The maximum Gasteiger partial charge on any atom is 0.0457 e. The van der Waals surface area contributed by atoms with Gasteiger partial charge in [-0.1, -0.05) is 58.6 Å². The van der Waals surface area contributed by atoms with E-state index >= 15 is 0 Å². The lowest BCUT2D eigenvalue weighted by Crippen LogP contribution is -2.42. The van der Waals surface area contributed by atoms with Crippen LogP contribution < -0.4 is 0 Å². The van der Waals surface area contributed by atoms with E-state index in [9.17, 15) is 0 Å². The van der Waals surface area contributed by atoms with Crippen LogP contribution >= 0.6 is 8.73 Å². The molecule has 0 spiro atoms. The number of hydrogen-bond donors (Lipinski definition) is 0. The Kier molecular flexibility index (Phi) is 19.3. The Morgan fingerprint density at radius 1 is 1.06 bits per heavy atom. The molecular weight excluding hydrogens is 397 g/mol. The molecule has 0 aliphatic rings. The van der Waals surface area contributed by atoms with E-state index in [1.54, 1.807) is 0 Å². The van der Waals surface area contributed by atoms with Gasteiger partial charge in [0.25, 0.3) is 0 Å². The van der Waals surface area contributed by atoms with Gasteiger partial charge >= 0.3 is 0 Å². The van der Waals surface area contributed by atoms with Crippen LogP contribution in [0.2, 0.25) is 0 Å². The normalized spacial score (nSPS) is 14.4. The molecule has 0 N–H and O–H groups in total. The van der Waals surface area contributed by atoms with Crippen molar-refractivity contribution in [1.29, 1.82) is 0 Å². The summed E-state index contributed by atoms with van der Waals surface area (Å²) in [6.45, 7) is 14.3. The van der Waals surface area contributed by atoms with E-state index in [4.69, 9.17) is 6.42 Å². The molecule has 0 fully saturated rings. The maximum atomic E-state index is 5.34. The number of rotatable bonds is 20. The molecule has 0 saturated heterocycles. The average molecular weight is 450 g/mol. The van der Waals surface area contributed by atoms with Crippen molar-refractivity contribution in [2.24, 2.45) is 5.92 Å². The van der Waals surface area contributed by atoms with Crippen molar-refractivity contribution in [3.05, 3.63) is 24.4 Å². The molecule has 0 aromatic rings. The molecule has 0 aromatic carbocycles. The second-order valence-corrected chi connectivity index (χ2v) is 11.0. The van der Waals surface area contributed by atoms with Gasteiger partial charge in [0, 0.05) is 32.3 Å². The van der Waals surface area contributed by atoms with Crippen LogP contribution in [-0.4, -0.2) is 67.5 Å². The maximum absolute atomic E-state index is 5.34. The highest BCUT2D eigenvalue weighted by Crippen LogP contribution is 2.20. The predicted molar refractivity (Wildman–Crippen MR) is 144 cm³/mol. The van der Waals surface area contributed by atoms with E-state index in [1.165, 1.54) is 76.2 Å². The first kappa shape index (κ1) is 30.2. The van der Waals surface area contributed by atoms with Crippen molar-refractivity contribution in [2.75, 3.05) is 46.9 Å². The van der Waals surface area contributed by atoms with Crippen molar-refractivity contribution in [3.8, 4) is 12.3 Å². The highest BCUT2D eigenvalue weighted by molar-refractivity contribution is 7.35. The Morgan fingerprint density at radius 3 is 2.32 bits per heavy atom. The first-order chi connectivity index (χ1) is 14.8. The van der Waals surface area contributed by atoms with Crippen LogP contribution in [0.3, 0.4) is 0 Å². The Hall–Kier alpha value is -0.810. The van der Waals surface area contributed by atoms with Gasteiger partial charge in [0.15, 0.2) is 0 Å². The summed E-state index contributed by atoms with van der Waals surface area (Å²) in [5, 5.41) is 0. The number of likely N-dealkylation sites (N-methyl/N-ethyl adjacent to an activating group) is 1. The number of unbranched alkanes of at least 4 members (excludes halogenated alkanes) is 4. The molecule has 0 bridgehead atoms. The van der Waals surface area contributed by atoms with Gasteiger partial charge in [-0.2, -0.15) is 0 Å². The fourth-order valence-electron chi connectivity index (χ4n) is 3.88. The minimum atomic E-state index is 0.545. The molecular formula is C27H52N3P. The topological polar surface area (TPSA) is 9.72 Å². The highest BCUT2D eigenvalue weighted by atomic mass is 31.1. The molecule has 3 unspecified atom stereocenters. The highest BCUT2D eigenvalue weighted by Gasteiger charge is 2.17. The monoisotopic (exact) mass is 449 g/mol. The summed E-state index contributed by atoms with van der Waals surface area (Å²) in [6, 6.07) is 0.545. The Morgan fingerprint density at radius 2 is 1.74 bits per heavy atom. The van der Waals surface area contributed by atoms with Gasteiger partial charge in [-0.25, -0.2) is 0 Å². The fourth-order valence-corrected chi connectivity index (χ4v) is 4.88. The molecule has 3 atom stereocenters. The average Bonchev–Trinajstić information content (AvgIpc) is 2.73. The van der Waals surface area contributed by atoms with Crippen LogP contribution in [-0.2, 0) is 0 Å². The van der Waals surface area contributed by atoms with Crippen LogP contribution in [0, 0.1) is 18.3 Å². The zero-order valence-electron chi connectivity index (χ0n) is 21.6. The van der Waals surface area contributed by atoms with Gasteiger partial charge in [-0.3, -0.25) is 4.67 Å². The number of terminal acetylenes is 1. The third-order valence-corrected chi connectivity index (χ3v) is 7.18. The largest absolute Gasteiger partial charge is 0.376 e. The second kappa shape index (κ2) is 19.8. The van der Waals surface area contributed by atoms with Crippen molar-refractivity contribution in [1.82, 2.24) is 14.5 Å². The molecule has 180 valence electrons. The Balaban J connectivity index is 4.52. The number of allylic oxidation sites excluding steroid dienone is 2. The van der Waals surface area contributed by atoms with E-state index in [-0.39, 0.29) is 0 Å². The number of nitrogens with zero attached hydrogens (tertiary/aromatic N) is 3. The lowest BCUT2D eigenvalue weighted by atomic mass is 9.97. The van der Waals surface area contributed by atoms with Crippen molar-refractivity contribution < 1.29 is 0 Å². The van der Waals surface area contributed by atoms with E-state index in [0.717, 1.165) is 27.6 Å². The third kappa shape index (κ3) is 17.4. The Bertz CT molecular complexity index is 509. The summed E-state index contributed by atoms with van der Waals surface area (Å²) in [5.74, 6) is 3.59. The Labute approximate surface area is 197 Å². The zero-order valence-corrected chi connectivity index (χ0v) is 22.6. The minimum Gasteiger partial charge on any atom is -0.376 e. The van der Waals surface area contributed by atoms with Gasteiger partial charge in [-0.15, -0.1) is 12.3 Å². The molecule has 0 aromatic heterocycles. The van der Waals surface area contributed by atoms with Crippen LogP contribution in [0.1, 0.15) is 78.6 Å². The summed E-state index contributed by atoms with van der Waals surface area (Å²) >= 11 is 0. The zero-order chi connectivity index (χ0) is 23.5. The molecule has 31 heavy (non-hydrogen) atoms. The van der Waals surface area contributed by atoms with E-state index in [2.05, 4.69) is 75.1 Å². The standard InChI is InChI=1S/C27H52N3P/c1-9-12-13-14-15-18-26(5)19-16-17-21-30(20-10-2)23-27(24-31-28(6)7)29(8)22-25(4)11-3/h1,11,22,26-27,31H,3,10,12-21,23-24H2,2,4-8H3/b25-22-. The van der Waals surface area contributed by atoms with Gasteiger partial charge < -0.3 is 9.80 Å². The summed E-state index contributed by atoms with van der Waals surface area (Å²) < 4.78 is 2.32. The van der Waals surface area contributed by atoms with E-state index < -0.39 is 0 Å². The van der Waals surface area contributed by atoms with E-state index in [0.29, 0.717) is 6.04 Å². The van der Waals surface area contributed by atoms with Crippen LogP contribution in [0.25, 0.3) is 0 Å². The summed E-state index contributed by atoms with van der Waals surface area (Å²) in [4.78, 5) is 5.11. The smallest absolute Gasteiger partial charge is 0.0457 e. The van der Waals surface area contributed by atoms with Crippen LogP contribution in [0.15, 0.2) is 24.4 Å². The SMILES string of the molecule is C#CCCCCCC(C)CCCCN(CCC)CC(CPN(C)C)N(C)/C=C(/C)C=C. The number of hydrogen-bond acceptors (Lipinski definition) is 3. The fraction of sp³-hybridized carbons (Fsp3) is 0.778. The van der Waals surface area contributed by atoms with E-state index in [1.807, 2.05) is 6.08 Å². The minimum absolute atomic E-state index is 0.545. The molecule has 0 rings (SSSR count). The molecule has 0 heterocycles. The van der Waals surface area contributed by atoms with Crippen molar-refractivity contribution >= 4 is 8.73 Å². The molecule has 4 heteroatoms. The lowest BCUT2D eigenvalue weighted by molar-refractivity contribution is 0.202. The first-order valence-electron chi connectivity index (χ1n) is 12.4. The van der Waals surface area contributed by atoms with Gasteiger partial charge in [0.2, 0.25) is 0 Å². The van der Waals surface area contributed by atoms with Gasteiger partial charge in [0.1, 0.15) is 0 Å². The third-order valence-electron chi connectivity index (χ3n) is 5.90. The van der Waals surface area contributed by atoms with Gasteiger partial charge in [0.05, 0.1) is 0 Å². The first-order valence-corrected chi connectivity index (χ1v) is 13.6. The van der Waals surface area contributed by atoms with Crippen molar-refractivity contribution in [2.45, 2.75) is 84.6 Å². The van der Waals surface area contributed by atoms with Crippen LogP contribution in [0.5, 0.6) is 0 Å². The lowest BCUT2D eigenvalue weighted by Gasteiger charge is -2.34. The summed E-state index contributed by atoms with van der Waals surface area (Å²) in [5.41, 5.74) is 1.23. The molecule has 0 amide bonds. The quantitative estimate of drug-likeness (QED) is 0.0893. The molecule has 0 aliphatic heterocycles.